The highest BCUT2D eigenvalue weighted by molar-refractivity contribution is 7.15. The van der Waals surface area contributed by atoms with Gasteiger partial charge >= 0.3 is 0 Å². The summed E-state index contributed by atoms with van der Waals surface area (Å²) in [5.41, 5.74) is 1.77. The summed E-state index contributed by atoms with van der Waals surface area (Å²) >= 11 is 1.47. The molecule has 1 aliphatic heterocycles. The van der Waals surface area contributed by atoms with E-state index in [1.54, 1.807) is 0 Å². The second-order valence-corrected chi connectivity index (χ2v) is 7.12. The van der Waals surface area contributed by atoms with E-state index >= 15 is 0 Å². The lowest BCUT2D eigenvalue weighted by Crippen LogP contribution is -2.36. The first-order chi connectivity index (χ1) is 12.5. The fourth-order valence-electron chi connectivity index (χ4n) is 2.79. The minimum atomic E-state index is -0.123. The first-order valence-electron chi connectivity index (χ1n) is 8.54. The Hall–Kier alpha value is -2.45. The molecule has 2 amide bonds. The van der Waals surface area contributed by atoms with E-state index in [1.807, 2.05) is 31.2 Å². The summed E-state index contributed by atoms with van der Waals surface area (Å²) < 4.78 is 5.39. The quantitative estimate of drug-likeness (QED) is 0.812. The maximum absolute atomic E-state index is 12.3. The number of ether oxygens (including phenoxy) is 1. The molecule has 0 atom stereocenters. The fraction of sp³-hybridized carbons (Fsp3) is 0.389. The van der Waals surface area contributed by atoms with Crippen molar-refractivity contribution in [2.75, 3.05) is 30.3 Å². The number of anilines is 2. The second-order valence-electron chi connectivity index (χ2n) is 6.04. The Morgan fingerprint density at radius 1 is 1.27 bits per heavy atom. The predicted octanol–water partition coefficient (Wildman–Crippen LogP) is 2.50. The van der Waals surface area contributed by atoms with Crippen molar-refractivity contribution < 1.29 is 14.3 Å². The summed E-state index contributed by atoms with van der Waals surface area (Å²) in [5, 5.41) is 6.26. The molecule has 1 aromatic carbocycles. The largest absolute Gasteiger partial charge is 0.494 e. The van der Waals surface area contributed by atoms with E-state index in [-0.39, 0.29) is 11.8 Å². The summed E-state index contributed by atoms with van der Waals surface area (Å²) in [6.45, 7) is 5.78. The van der Waals surface area contributed by atoms with Crippen LogP contribution in [0.5, 0.6) is 5.75 Å². The van der Waals surface area contributed by atoms with Crippen LogP contribution in [-0.2, 0) is 22.6 Å². The van der Waals surface area contributed by atoms with E-state index in [9.17, 15) is 9.59 Å². The van der Waals surface area contributed by atoms with Crippen LogP contribution in [0, 0.1) is 0 Å². The number of carbonyl (C=O) groups excluding carboxylic acids is 2. The number of amides is 2. The molecule has 0 radical (unpaired) electrons. The standard InChI is InChI=1S/C18H22N4O3S/c1-3-25-14-6-4-13(5-7-14)20-17(24)11-22-9-8-15-16(10-22)26-18(21-15)19-12(2)23/h4-7H,3,8-11H2,1-2H3,(H,20,24)(H,19,21,23). The number of rotatable bonds is 6. The van der Waals surface area contributed by atoms with Crippen molar-refractivity contribution in [2.45, 2.75) is 26.8 Å². The number of thiazole rings is 1. The van der Waals surface area contributed by atoms with Gasteiger partial charge in [-0.2, -0.15) is 0 Å². The molecule has 0 unspecified atom stereocenters. The van der Waals surface area contributed by atoms with Crippen LogP contribution in [0.2, 0.25) is 0 Å². The van der Waals surface area contributed by atoms with Crippen molar-refractivity contribution in [2.24, 2.45) is 0 Å². The van der Waals surface area contributed by atoms with E-state index in [1.165, 1.54) is 18.3 Å². The highest BCUT2D eigenvalue weighted by Crippen LogP contribution is 2.28. The Labute approximate surface area is 156 Å². The van der Waals surface area contributed by atoms with Gasteiger partial charge in [-0.25, -0.2) is 4.98 Å². The molecule has 0 saturated carbocycles. The summed E-state index contributed by atoms with van der Waals surface area (Å²) in [6.07, 6.45) is 0.780. The molecule has 138 valence electrons. The molecule has 8 heteroatoms. The van der Waals surface area contributed by atoms with Crippen LogP contribution in [-0.4, -0.2) is 41.4 Å². The lowest BCUT2D eigenvalue weighted by atomic mass is 10.2. The van der Waals surface area contributed by atoms with Gasteiger partial charge in [0, 0.05) is 37.0 Å². The highest BCUT2D eigenvalue weighted by atomic mass is 32.1. The van der Waals surface area contributed by atoms with E-state index in [4.69, 9.17) is 4.74 Å². The third-order valence-corrected chi connectivity index (χ3v) is 4.91. The summed E-state index contributed by atoms with van der Waals surface area (Å²) in [6, 6.07) is 7.35. The topological polar surface area (TPSA) is 83.6 Å². The minimum absolute atomic E-state index is 0.0517. The molecule has 3 rings (SSSR count). The van der Waals surface area contributed by atoms with Gasteiger partial charge in [0.1, 0.15) is 5.75 Å². The minimum Gasteiger partial charge on any atom is -0.494 e. The Morgan fingerprint density at radius 3 is 2.73 bits per heavy atom. The monoisotopic (exact) mass is 374 g/mol. The fourth-order valence-corrected chi connectivity index (χ4v) is 3.89. The smallest absolute Gasteiger partial charge is 0.238 e. The van der Waals surface area contributed by atoms with Crippen LogP contribution < -0.4 is 15.4 Å². The predicted molar refractivity (Wildman–Crippen MR) is 102 cm³/mol. The number of nitrogens with zero attached hydrogens (tertiary/aromatic N) is 2. The molecule has 2 heterocycles. The molecule has 0 aliphatic carbocycles. The van der Waals surface area contributed by atoms with Gasteiger partial charge in [0.15, 0.2) is 5.13 Å². The number of hydrogen-bond acceptors (Lipinski definition) is 6. The van der Waals surface area contributed by atoms with Gasteiger partial charge in [-0.15, -0.1) is 11.3 Å². The van der Waals surface area contributed by atoms with Crippen LogP contribution in [0.25, 0.3) is 0 Å². The van der Waals surface area contributed by atoms with Crippen molar-refractivity contribution in [3.05, 3.63) is 34.8 Å². The second kappa shape index (κ2) is 8.29. The average molecular weight is 374 g/mol. The van der Waals surface area contributed by atoms with Crippen LogP contribution in [0.15, 0.2) is 24.3 Å². The number of hydrogen-bond donors (Lipinski definition) is 2. The Bertz CT molecular complexity index is 788. The Morgan fingerprint density at radius 2 is 2.04 bits per heavy atom. The molecule has 0 fully saturated rings. The normalized spacial score (nSPS) is 13.8. The van der Waals surface area contributed by atoms with Crippen LogP contribution in [0.3, 0.4) is 0 Å². The zero-order valence-corrected chi connectivity index (χ0v) is 15.7. The molecular weight excluding hydrogens is 352 g/mol. The van der Waals surface area contributed by atoms with Crippen LogP contribution >= 0.6 is 11.3 Å². The van der Waals surface area contributed by atoms with Gasteiger partial charge in [-0.05, 0) is 31.2 Å². The number of benzene rings is 1. The van der Waals surface area contributed by atoms with Crippen molar-refractivity contribution in [1.82, 2.24) is 9.88 Å². The van der Waals surface area contributed by atoms with Crippen molar-refractivity contribution >= 4 is 34.0 Å². The van der Waals surface area contributed by atoms with Gasteiger partial charge < -0.3 is 15.4 Å². The average Bonchev–Trinajstić information content (AvgIpc) is 2.97. The van der Waals surface area contributed by atoms with Crippen molar-refractivity contribution in [3.8, 4) is 5.75 Å². The zero-order valence-electron chi connectivity index (χ0n) is 14.9. The highest BCUT2D eigenvalue weighted by Gasteiger charge is 2.22. The lowest BCUT2D eigenvalue weighted by Gasteiger charge is -2.25. The van der Waals surface area contributed by atoms with E-state index in [0.717, 1.165) is 35.0 Å². The number of aromatic nitrogens is 1. The number of carbonyl (C=O) groups is 2. The molecule has 0 bridgehead atoms. The van der Waals surface area contributed by atoms with Crippen LogP contribution in [0.4, 0.5) is 10.8 Å². The summed E-state index contributed by atoms with van der Waals surface area (Å²) in [4.78, 5) is 31.1. The lowest BCUT2D eigenvalue weighted by molar-refractivity contribution is -0.117. The van der Waals surface area contributed by atoms with E-state index in [0.29, 0.717) is 24.8 Å². The van der Waals surface area contributed by atoms with Gasteiger partial charge in [0.25, 0.3) is 0 Å². The molecule has 26 heavy (non-hydrogen) atoms. The Balaban J connectivity index is 1.53. The molecule has 7 nitrogen and oxygen atoms in total. The summed E-state index contributed by atoms with van der Waals surface area (Å²) in [5.74, 6) is 0.612. The van der Waals surface area contributed by atoms with E-state index in [2.05, 4.69) is 20.5 Å². The molecule has 0 saturated heterocycles. The molecule has 1 aromatic heterocycles. The SMILES string of the molecule is CCOc1ccc(NC(=O)CN2CCc3nc(NC(C)=O)sc3C2)cc1. The molecule has 2 N–H and O–H groups in total. The van der Waals surface area contributed by atoms with Gasteiger partial charge in [-0.1, -0.05) is 0 Å². The van der Waals surface area contributed by atoms with Gasteiger partial charge in [0.05, 0.1) is 18.8 Å². The third-order valence-electron chi connectivity index (χ3n) is 3.91. The molecule has 1 aliphatic rings. The van der Waals surface area contributed by atoms with Gasteiger partial charge in [0.2, 0.25) is 11.8 Å². The molecule has 0 spiro atoms. The van der Waals surface area contributed by atoms with Crippen molar-refractivity contribution in [1.29, 1.82) is 0 Å². The first kappa shape index (κ1) is 18.3. The first-order valence-corrected chi connectivity index (χ1v) is 9.36. The van der Waals surface area contributed by atoms with Crippen LogP contribution in [0.1, 0.15) is 24.4 Å². The van der Waals surface area contributed by atoms with Crippen molar-refractivity contribution in [3.63, 3.8) is 0 Å². The Kier molecular flexibility index (Phi) is 5.85. The number of nitrogens with one attached hydrogen (secondary N) is 2. The van der Waals surface area contributed by atoms with E-state index < -0.39 is 0 Å². The number of fused-ring (bicyclic) bond motifs is 1. The maximum Gasteiger partial charge on any atom is 0.238 e. The maximum atomic E-state index is 12.3. The molecular formula is C18H22N4O3S. The van der Waals surface area contributed by atoms with Gasteiger partial charge in [-0.3, -0.25) is 14.5 Å². The molecule has 2 aromatic rings. The zero-order chi connectivity index (χ0) is 18.5. The summed E-state index contributed by atoms with van der Waals surface area (Å²) in [7, 11) is 0. The third kappa shape index (κ3) is 4.80.